The summed E-state index contributed by atoms with van der Waals surface area (Å²) in [5.41, 5.74) is 1.58. The third-order valence-electron chi connectivity index (χ3n) is 4.76. The highest BCUT2D eigenvalue weighted by Gasteiger charge is 2.44. The van der Waals surface area contributed by atoms with E-state index in [0.717, 1.165) is 12.0 Å². The van der Waals surface area contributed by atoms with Gasteiger partial charge in [-0.1, -0.05) is 30.3 Å². The molecule has 3 rings (SSSR count). The predicted octanol–water partition coefficient (Wildman–Crippen LogP) is -0.162. The van der Waals surface area contributed by atoms with Gasteiger partial charge in [0, 0.05) is 12.1 Å². The fourth-order valence-corrected chi connectivity index (χ4v) is 3.05. The van der Waals surface area contributed by atoms with Crippen molar-refractivity contribution in [2.24, 2.45) is 0 Å². The molecule has 1 heterocycles. The van der Waals surface area contributed by atoms with E-state index in [4.69, 9.17) is 9.47 Å². The van der Waals surface area contributed by atoms with Crippen molar-refractivity contribution >= 4 is 5.91 Å². The molecule has 0 radical (unpaired) electrons. The van der Waals surface area contributed by atoms with Crippen molar-refractivity contribution in [2.45, 2.75) is 37.1 Å². The van der Waals surface area contributed by atoms with E-state index in [1.54, 1.807) is 12.1 Å². The zero-order valence-corrected chi connectivity index (χ0v) is 15.7. The van der Waals surface area contributed by atoms with Crippen molar-refractivity contribution in [3.63, 3.8) is 0 Å². The summed E-state index contributed by atoms with van der Waals surface area (Å²) in [4.78, 5) is 12.2. The summed E-state index contributed by atoms with van der Waals surface area (Å²) in [6.07, 6.45) is -6.04. The second-order valence-electron chi connectivity index (χ2n) is 6.83. The van der Waals surface area contributed by atoms with Crippen molar-refractivity contribution in [3.8, 4) is 5.75 Å². The lowest BCUT2D eigenvalue weighted by molar-refractivity contribution is -0.277. The molecule has 1 saturated heterocycles. The van der Waals surface area contributed by atoms with E-state index >= 15 is 0 Å². The normalized spacial score (nSPS) is 26.7. The van der Waals surface area contributed by atoms with Crippen LogP contribution in [-0.2, 0) is 11.2 Å². The number of carbonyl (C=O) groups is 1. The maximum absolute atomic E-state index is 12.2. The molecule has 2 aromatic rings. The average Bonchev–Trinajstić information content (AvgIpc) is 2.75. The number of carbonyl (C=O) groups excluding carboxylic acids is 1. The van der Waals surface area contributed by atoms with Crippen LogP contribution in [0, 0.1) is 0 Å². The summed E-state index contributed by atoms with van der Waals surface area (Å²) in [6, 6.07) is 16.0. The minimum atomic E-state index is -1.51. The minimum absolute atomic E-state index is 0.222. The van der Waals surface area contributed by atoms with Crippen LogP contribution in [-0.4, -0.2) is 70.2 Å². The molecular weight excluding hydrogens is 378 g/mol. The molecule has 0 spiro atoms. The lowest BCUT2D eigenvalue weighted by Crippen LogP contribution is -2.60. The first kappa shape index (κ1) is 21.2. The summed E-state index contributed by atoms with van der Waals surface area (Å²) in [6.45, 7) is -0.0289. The van der Waals surface area contributed by atoms with E-state index in [2.05, 4.69) is 5.32 Å². The largest absolute Gasteiger partial charge is 0.462 e. The highest BCUT2D eigenvalue weighted by molar-refractivity contribution is 5.94. The monoisotopic (exact) mass is 403 g/mol. The van der Waals surface area contributed by atoms with Gasteiger partial charge in [-0.2, -0.15) is 0 Å². The van der Waals surface area contributed by atoms with Crippen molar-refractivity contribution in [1.29, 1.82) is 0 Å². The zero-order chi connectivity index (χ0) is 20.8. The molecule has 4 unspecified atom stereocenters. The fourth-order valence-electron chi connectivity index (χ4n) is 3.05. The summed E-state index contributed by atoms with van der Waals surface area (Å²) in [5.74, 6) is 0.0792. The van der Waals surface area contributed by atoms with Crippen molar-refractivity contribution in [1.82, 2.24) is 5.32 Å². The van der Waals surface area contributed by atoms with Crippen LogP contribution in [0.4, 0.5) is 0 Å². The Morgan fingerprint density at radius 2 is 1.66 bits per heavy atom. The zero-order valence-electron chi connectivity index (χ0n) is 15.7. The molecule has 29 heavy (non-hydrogen) atoms. The first-order valence-electron chi connectivity index (χ1n) is 9.39. The van der Waals surface area contributed by atoms with Gasteiger partial charge in [0.2, 0.25) is 6.29 Å². The van der Waals surface area contributed by atoms with Gasteiger partial charge < -0.3 is 35.2 Å². The smallest absolute Gasteiger partial charge is 0.251 e. The number of aliphatic hydroxyl groups is 4. The third-order valence-corrected chi connectivity index (χ3v) is 4.76. The Morgan fingerprint density at radius 1 is 0.966 bits per heavy atom. The van der Waals surface area contributed by atoms with Crippen LogP contribution in [0.3, 0.4) is 0 Å². The van der Waals surface area contributed by atoms with Gasteiger partial charge in [-0.05, 0) is 36.2 Å². The second-order valence-corrected chi connectivity index (χ2v) is 6.83. The number of rotatable bonds is 7. The fraction of sp³-hybridized carbons (Fsp3) is 0.381. The lowest BCUT2D eigenvalue weighted by Gasteiger charge is -2.39. The first-order valence-corrected chi connectivity index (χ1v) is 9.39. The molecule has 0 aliphatic carbocycles. The highest BCUT2D eigenvalue weighted by atomic mass is 16.7. The number of benzene rings is 2. The van der Waals surface area contributed by atoms with Crippen LogP contribution in [0.2, 0.25) is 0 Å². The second kappa shape index (κ2) is 9.82. The average molecular weight is 403 g/mol. The molecule has 0 bridgehead atoms. The van der Waals surface area contributed by atoms with Gasteiger partial charge in [-0.15, -0.1) is 0 Å². The van der Waals surface area contributed by atoms with E-state index in [9.17, 15) is 25.2 Å². The van der Waals surface area contributed by atoms with Crippen molar-refractivity contribution in [2.75, 3.05) is 13.2 Å². The van der Waals surface area contributed by atoms with Gasteiger partial charge in [0.15, 0.2) is 0 Å². The standard InChI is InChI=1S/C21H25NO7/c23-12-16-17(24)18(25)19(26)21(29-16)28-15-8-6-14(7-9-15)20(27)22-11-10-13-4-2-1-3-5-13/h1-9,16-19,21,23-26H,10-12H2,(H,22,27)/t16?,17?,18?,19?,21-/m0/s1. The van der Waals surface area contributed by atoms with Crippen molar-refractivity contribution < 1.29 is 34.7 Å². The summed E-state index contributed by atoms with van der Waals surface area (Å²) in [5, 5.41) is 41.7. The third kappa shape index (κ3) is 5.31. The Morgan fingerprint density at radius 3 is 2.31 bits per heavy atom. The van der Waals surface area contributed by atoms with E-state index < -0.39 is 37.3 Å². The Hall–Kier alpha value is -2.49. The maximum atomic E-state index is 12.2. The van der Waals surface area contributed by atoms with Gasteiger partial charge in [0.05, 0.1) is 6.61 Å². The summed E-state index contributed by atoms with van der Waals surface area (Å²) < 4.78 is 10.8. The number of nitrogens with one attached hydrogen (secondary N) is 1. The summed E-state index contributed by atoms with van der Waals surface area (Å²) >= 11 is 0. The number of amides is 1. The van der Waals surface area contributed by atoms with Crippen LogP contribution in [0.1, 0.15) is 15.9 Å². The topological polar surface area (TPSA) is 128 Å². The molecule has 1 fully saturated rings. The molecule has 5 atom stereocenters. The molecule has 1 amide bonds. The van der Waals surface area contributed by atoms with Crippen LogP contribution in [0.15, 0.2) is 54.6 Å². The molecule has 8 heteroatoms. The highest BCUT2D eigenvalue weighted by Crippen LogP contribution is 2.24. The predicted molar refractivity (Wildman–Crippen MR) is 103 cm³/mol. The Balaban J connectivity index is 1.53. The first-order chi connectivity index (χ1) is 14.0. The quantitative estimate of drug-likeness (QED) is 0.434. The van der Waals surface area contributed by atoms with E-state index in [1.807, 2.05) is 30.3 Å². The Labute approximate surface area is 168 Å². The minimum Gasteiger partial charge on any atom is -0.462 e. The Kier molecular flexibility index (Phi) is 7.18. The molecular formula is C21H25NO7. The van der Waals surface area contributed by atoms with Crippen LogP contribution in [0.25, 0.3) is 0 Å². The molecule has 5 N–H and O–H groups in total. The van der Waals surface area contributed by atoms with Gasteiger partial charge in [-0.3, -0.25) is 4.79 Å². The molecule has 0 aromatic heterocycles. The van der Waals surface area contributed by atoms with E-state index in [1.165, 1.54) is 12.1 Å². The van der Waals surface area contributed by atoms with E-state index in [-0.39, 0.29) is 5.91 Å². The number of hydrogen-bond donors (Lipinski definition) is 5. The molecule has 0 saturated carbocycles. The maximum Gasteiger partial charge on any atom is 0.251 e. The molecule has 1 aliphatic rings. The van der Waals surface area contributed by atoms with Gasteiger partial charge in [-0.25, -0.2) is 0 Å². The molecule has 1 aliphatic heterocycles. The molecule has 156 valence electrons. The number of hydrogen-bond acceptors (Lipinski definition) is 7. The van der Waals surface area contributed by atoms with Gasteiger partial charge >= 0.3 is 0 Å². The lowest BCUT2D eigenvalue weighted by atomic mass is 9.99. The summed E-state index contributed by atoms with van der Waals surface area (Å²) in [7, 11) is 0. The SMILES string of the molecule is O=C(NCCc1ccccc1)c1ccc(O[C@H]2OC(CO)C(O)C(O)C2O)cc1. The van der Waals surface area contributed by atoms with Crippen LogP contribution >= 0.6 is 0 Å². The van der Waals surface area contributed by atoms with E-state index in [0.29, 0.717) is 17.9 Å². The van der Waals surface area contributed by atoms with Crippen LogP contribution < -0.4 is 10.1 Å². The number of aliphatic hydroxyl groups excluding tert-OH is 4. The van der Waals surface area contributed by atoms with Crippen LogP contribution in [0.5, 0.6) is 5.75 Å². The Bertz CT molecular complexity index is 781. The van der Waals surface area contributed by atoms with Gasteiger partial charge in [0.25, 0.3) is 5.91 Å². The van der Waals surface area contributed by atoms with Gasteiger partial charge in [0.1, 0.15) is 30.2 Å². The molecule has 8 nitrogen and oxygen atoms in total. The van der Waals surface area contributed by atoms with Crippen molar-refractivity contribution in [3.05, 3.63) is 65.7 Å². The number of ether oxygens (including phenoxy) is 2. The molecule has 2 aromatic carbocycles.